The van der Waals surface area contributed by atoms with E-state index in [0.717, 1.165) is 67.3 Å². The van der Waals surface area contributed by atoms with Crippen molar-refractivity contribution in [3.63, 3.8) is 0 Å². The Morgan fingerprint density at radius 2 is 2.00 bits per heavy atom. The van der Waals surface area contributed by atoms with Gasteiger partial charge in [-0.2, -0.15) is 5.10 Å². The summed E-state index contributed by atoms with van der Waals surface area (Å²) in [5.74, 6) is 1.27. The third-order valence-electron chi connectivity index (χ3n) is 5.74. The number of carbonyl (C=O) groups excluding carboxylic acids is 1. The number of rotatable bonds is 6. The van der Waals surface area contributed by atoms with Gasteiger partial charge in [0.15, 0.2) is 0 Å². The number of carbonyl (C=O) groups is 1. The molecule has 2 aromatic heterocycles. The Bertz CT molecular complexity index is 996. The van der Waals surface area contributed by atoms with Crippen LogP contribution in [0.4, 0.5) is 0 Å². The molecule has 154 valence electrons. The van der Waals surface area contributed by atoms with E-state index in [2.05, 4.69) is 51.5 Å². The number of benzene rings is 1. The standard InChI is InChI=1S/C22H30N6O/c1-15-4-5-19-20(12-15)25-21(24-19)14-27-9-6-18(7-10-27)22(29)23-8-11-28-17(3)13-16(2)26-28/h4-5,12-13,18H,6-11,14H2,1-3H3,(H,23,29)(H,24,25). The van der Waals surface area contributed by atoms with Gasteiger partial charge in [0.25, 0.3) is 0 Å². The molecule has 1 amide bonds. The monoisotopic (exact) mass is 394 g/mol. The molecule has 3 heterocycles. The second-order valence-electron chi connectivity index (χ2n) is 8.20. The summed E-state index contributed by atoms with van der Waals surface area (Å²) < 4.78 is 1.95. The number of hydrogen-bond acceptors (Lipinski definition) is 4. The van der Waals surface area contributed by atoms with E-state index in [1.165, 1.54) is 5.56 Å². The van der Waals surface area contributed by atoms with Crippen LogP contribution in [0, 0.1) is 26.7 Å². The lowest BCUT2D eigenvalue weighted by molar-refractivity contribution is -0.126. The molecule has 0 bridgehead atoms. The maximum Gasteiger partial charge on any atom is 0.223 e. The van der Waals surface area contributed by atoms with Crippen molar-refractivity contribution in [3.05, 3.63) is 47.0 Å². The first-order chi connectivity index (χ1) is 14.0. The number of imidazole rings is 1. The number of aryl methyl sites for hydroxylation is 3. The van der Waals surface area contributed by atoms with Crippen molar-refractivity contribution in [2.45, 2.75) is 46.7 Å². The number of aromatic nitrogens is 4. The van der Waals surface area contributed by atoms with Crippen LogP contribution in [0.2, 0.25) is 0 Å². The molecule has 7 nitrogen and oxygen atoms in total. The first-order valence-corrected chi connectivity index (χ1v) is 10.4. The van der Waals surface area contributed by atoms with E-state index in [1.54, 1.807) is 0 Å². The molecule has 0 spiro atoms. The molecule has 1 aliphatic heterocycles. The van der Waals surface area contributed by atoms with Crippen LogP contribution in [0.5, 0.6) is 0 Å². The van der Waals surface area contributed by atoms with Crippen LogP contribution in [0.1, 0.15) is 35.6 Å². The molecular weight excluding hydrogens is 364 g/mol. The van der Waals surface area contributed by atoms with Gasteiger partial charge in [-0.3, -0.25) is 14.4 Å². The number of hydrogen-bond donors (Lipinski definition) is 2. The summed E-state index contributed by atoms with van der Waals surface area (Å²) in [7, 11) is 0. The van der Waals surface area contributed by atoms with Crippen LogP contribution in [-0.2, 0) is 17.9 Å². The Balaban J connectivity index is 1.23. The molecule has 0 unspecified atom stereocenters. The fourth-order valence-electron chi connectivity index (χ4n) is 4.15. The number of nitrogens with one attached hydrogen (secondary N) is 2. The predicted octanol–water partition coefficient (Wildman–Crippen LogP) is 2.71. The van der Waals surface area contributed by atoms with Gasteiger partial charge in [-0.05, 0) is 70.5 Å². The molecule has 3 aromatic rings. The number of nitrogens with zero attached hydrogens (tertiary/aromatic N) is 4. The molecule has 0 saturated carbocycles. The number of piperidine rings is 1. The maximum atomic E-state index is 12.5. The van der Waals surface area contributed by atoms with Crippen LogP contribution >= 0.6 is 0 Å². The minimum absolute atomic E-state index is 0.102. The fraction of sp³-hybridized carbons (Fsp3) is 0.500. The van der Waals surface area contributed by atoms with Crippen molar-refractivity contribution in [2.75, 3.05) is 19.6 Å². The third-order valence-corrected chi connectivity index (χ3v) is 5.74. The number of H-pyrrole nitrogens is 1. The summed E-state index contributed by atoms with van der Waals surface area (Å²) in [4.78, 5) is 23.0. The average Bonchev–Trinajstić information content (AvgIpc) is 3.23. The second kappa shape index (κ2) is 8.37. The Labute approximate surface area is 171 Å². The molecule has 29 heavy (non-hydrogen) atoms. The van der Waals surface area contributed by atoms with E-state index < -0.39 is 0 Å². The number of fused-ring (bicyclic) bond motifs is 1. The number of amides is 1. The van der Waals surface area contributed by atoms with Gasteiger partial charge in [0.05, 0.1) is 29.8 Å². The topological polar surface area (TPSA) is 78.8 Å². The predicted molar refractivity (Wildman–Crippen MR) is 114 cm³/mol. The Morgan fingerprint density at radius 1 is 1.21 bits per heavy atom. The molecule has 2 N–H and O–H groups in total. The van der Waals surface area contributed by atoms with Crippen molar-refractivity contribution in [2.24, 2.45) is 5.92 Å². The summed E-state index contributed by atoms with van der Waals surface area (Å²) in [6, 6.07) is 8.34. The minimum atomic E-state index is 0.102. The van der Waals surface area contributed by atoms with E-state index >= 15 is 0 Å². The second-order valence-corrected chi connectivity index (χ2v) is 8.20. The molecule has 7 heteroatoms. The van der Waals surface area contributed by atoms with Crippen LogP contribution in [0.15, 0.2) is 24.3 Å². The lowest BCUT2D eigenvalue weighted by Gasteiger charge is -2.30. The summed E-state index contributed by atoms with van der Waals surface area (Å²) in [5, 5.41) is 7.53. The van der Waals surface area contributed by atoms with Gasteiger partial charge in [-0.15, -0.1) is 0 Å². The van der Waals surface area contributed by atoms with Crippen LogP contribution in [0.3, 0.4) is 0 Å². The largest absolute Gasteiger partial charge is 0.354 e. The third kappa shape index (κ3) is 4.67. The zero-order valence-corrected chi connectivity index (χ0v) is 17.5. The van der Waals surface area contributed by atoms with Crippen molar-refractivity contribution >= 4 is 16.9 Å². The summed E-state index contributed by atoms with van der Waals surface area (Å²) in [6.07, 6.45) is 1.79. The maximum absolute atomic E-state index is 12.5. The lowest BCUT2D eigenvalue weighted by atomic mass is 9.96. The fourth-order valence-corrected chi connectivity index (χ4v) is 4.15. The molecule has 0 radical (unpaired) electrons. The summed E-state index contributed by atoms with van der Waals surface area (Å²) >= 11 is 0. The zero-order valence-electron chi connectivity index (χ0n) is 17.5. The van der Waals surface area contributed by atoms with Crippen molar-refractivity contribution < 1.29 is 4.79 Å². The van der Waals surface area contributed by atoms with E-state index in [1.807, 2.05) is 18.5 Å². The number of likely N-dealkylation sites (tertiary alicyclic amines) is 1. The van der Waals surface area contributed by atoms with E-state index in [0.29, 0.717) is 6.54 Å². The van der Waals surface area contributed by atoms with E-state index in [-0.39, 0.29) is 11.8 Å². The Kier molecular flexibility index (Phi) is 5.67. The molecule has 1 fully saturated rings. The van der Waals surface area contributed by atoms with E-state index in [9.17, 15) is 4.79 Å². The summed E-state index contributed by atoms with van der Waals surface area (Å²) in [5.41, 5.74) is 5.49. The molecule has 1 saturated heterocycles. The highest BCUT2D eigenvalue weighted by Crippen LogP contribution is 2.20. The van der Waals surface area contributed by atoms with Crippen LogP contribution < -0.4 is 5.32 Å². The average molecular weight is 395 g/mol. The van der Waals surface area contributed by atoms with Gasteiger partial charge in [0.1, 0.15) is 5.82 Å². The van der Waals surface area contributed by atoms with Gasteiger partial charge in [0.2, 0.25) is 5.91 Å². The SMILES string of the molecule is Cc1ccc2nc(CN3CCC(C(=O)NCCn4nc(C)cc4C)CC3)[nH]c2c1. The lowest BCUT2D eigenvalue weighted by Crippen LogP contribution is -2.41. The van der Waals surface area contributed by atoms with Gasteiger partial charge in [-0.1, -0.05) is 6.07 Å². The Morgan fingerprint density at radius 3 is 2.72 bits per heavy atom. The molecule has 0 atom stereocenters. The highest BCUT2D eigenvalue weighted by Gasteiger charge is 2.25. The molecule has 4 rings (SSSR count). The first-order valence-electron chi connectivity index (χ1n) is 10.4. The van der Waals surface area contributed by atoms with Gasteiger partial charge in [-0.25, -0.2) is 4.98 Å². The minimum Gasteiger partial charge on any atom is -0.354 e. The molecule has 1 aromatic carbocycles. The Hall–Kier alpha value is -2.67. The van der Waals surface area contributed by atoms with Crippen LogP contribution in [-0.4, -0.2) is 50.2 Å². The molecule has 1 aliphatic rings. The highest BCUT2D eigenvalue weighted by molar-refractivity contribution is 5.78. The van der Waals surface area contributed by atoms with E-state index in [4.69, 9.17) is 4.98 Å². The highest BCUT2D eigenvalue weighted by atomic mass is 16.1. The van der Waals surface area contributed by atoms with Crippen molar-refractivity contribution in [1.29, 1.82) is 0 Å². The smallest absolute Gasteiger partial charge is 0.223 e. The first kappa shape index (κ1) is 19.6. The zero-order chi connectivity index (χ0) is 20.4. The van der Waals surface area contributed by atoms with Crippen molar-refractivity contribution in [1.82, 2.24) is 30.0 Å². The number of aromatic amines is 1. The van der Waals surface area contributed by atoms with Gasteiger partial charge >= 0.3 is 0 Å². The summed E-state index contributed by atoms with van der Waals surface area (Å²) in [6.45, 7) is 10.1. The van der Waals surface area contributed by atoms with Gasteiger partial charge in [0, 0.05) is 18.2 Å². The van der Waals surface area contributed by atoms with Crippen LogP contribution in [0.25, 0.3) is 11.0 Å². The van der Waals surface area contributed by atoms with Crippen molar-refractivity contribution in [3.8, 4) is 0 Å². The van der Waals surface area contributed by atoms with Gasteiger partial charge < -0.3 is 10.3 Å². The normalized spacial score (nSPS) is 15.8. The quantitative estimate of drug-likeness (QED) is 0.674. The molecular formula is C22H30N6O. The molecule has 0 aliphatic carbocycles.